The SMILES string of the molecule is CN(C)CCN(C=O)Cc1ccc(-c2ccc(Cl)cc2)cc1.COc1ncc(Cc2cn(C)c(SCc3ccc(F)cc3)nc2=O)cn1.Cl. The Kier molecular flexibility index (Phi) is 15.7. The van der Waals surface area contributed by atoms with Crippen LogP contribution in [0.4, 0.5) is 4.39 Å². The fraction of sp³-hybridized carbons (Fsp3) is 0.250. The van der Waals surface area contributed by atoms with E-state index in [9.17, 15) is 14.0 Å². The molecule has 0 aliphatic carbocycles. The third-order valence-electron chi connectivity index (χ3n) is 7.16. The summed E-state index contributed by atoms with van der Waals surface area (Å²) < 4.78 is 19.7. The van der Waals surface area contributed by atoms with Gasteiger partial charge in [-0.3, -0.25) is 9.59 Å². The predicted molar refractivity (Wildman–Crippen MR) is 196 cm³/mol. The number of thioether (sulfide) groups is 1. The molecule has 2 aromatic heterocycles. The molecule has 13 heteroatoms. The van der Waals surface area contributed by atoms with Crippen molar-refractivity contribution in [2.75, 3.05) is 34.3 Å². The normalized spacial score (nSPS) is 10.5. The van der Waals surface area contributed by atoms with Crippen LogP contribution in [0.3, 0.4) is 0 Å². The first kappa shape index (κ1) is 39.2. The van der Waals surface area contributed by atoms with Crippen molar-refractivity contribution in [2.24, 2.45) is 7.05 Å². The summed E-state index contributed by atoms with van der Waals surface area (Å²) in [6.45, 7) is 2.23. The average Bonchev–Trinajstić information content (AvgIpc) is 3.09. The summed E-state index contributed by atoms with van der Waals surface area (Å²) in [6, 6.07) is 22.6. The summed E-state index contributed by atoms with van der Waals surface area (Å²) in [4.78, 5) is 39.6. The molecular formula is C36H39Cl2FN6O3S. The van der Waals surface area contributed by atoms with Crippen LogP contribution in [0.1, 0.15) is 22.3 Å². The Labute approximate surface area is 301 Å². The fourth-order valence-electron chi connectivity index (χ4n) is 4.50. The Morgan fingerprint density at radius 2 is 1.49 bits per heavy atom. The summed E-state index contributed by atoms with van der Waals surface area (Å²) in [5, 5.41) is 1.34. The summed E-state index contributed by atoms with van der Waals surface area (Å²) in [5.41, 5.74) is 5.46. The minimum absolute atomic E-state index is 0. The Hall–Kier alpha value is -4.29. The van der Waals surface area contributed by atoms with Crippen molar-refractivity contribution in [3.63, 3.8) is 0 Å². The molecule has 0 saturated heterocycles. The van der Waals surface area contributed by atoms with E-state index in [1.165, 1.54) is 31.0 Å². The zero-order chi connectivity index (χ0) is 34.5. The molecule has 0 saturated carbocycles. The number of aromatic nitrogens is 4. The zero-order valence-electron chi connectivity index (χ0n) is 27.8. The molecule has 0 radical (unpaired) electrons. The van der Waals surface area contributed by atoms with Crippen molar-refractivity contribution >= 4 is 42.2 Å². The smallest absolute Gasteiger partial charge is 0.316 e. The van der Waals surface area contributed by atoms with E-state index in [0.29, 0.717) is 29.4 Å². The van der Waals surface area contributed by atoms with Gasteiger partial charge in [-0.25, -0.2) is 14.4 Å². The molecule has 3 aromatic carbocycles. The van der Waals surface area contributed by atoms with E-state index in [2.05, 4.69) is 44.1 Å². The third-order valence-corrected chi connectivity index (χ3v) is 8.53. The quantitative estimate of drug-likeness (QED) is 0.0767. The molecule has 0 spiro atoms. The summed E-state index contributed by atoms with van der Waals surface area (Å²) in [6.07, 6.45) is 6.33. The van der Waals surface area contributed by atoms with Crippen molar-refractivity contribution in [2.45, 2.75) is 23.9 Å². The lowest BCUT2D eigenvalue weighted by Gasteiger charge is -2.20. The first-order valence-electron chi connectivity index (χ1n) is 15.1. The number of nitrogens with zero attached hydrogens (tertiary/aromatic N) is 6. The lowest BCUT2D eigenvalue weighted by molar-refractivity contribution is -0.118. The van der Waals surface area contributed by atoms with E-state index in [1.807, 2.05) is 50.0 Å². The monoisotopic (exact) mass is 724 g/mol. The van der Waals surface area contributed by atoms with Crippen molar-refractivity contribution < 1.29 is 13.9 Å². The predicted octanol–water partition coefficient (Wildman–Crippen LogP) is 6.55. The summed E-state index contributed by atoms with van der Waals surface area (Å²) in [5.74, 6) is 0.336. The summed E-state index contributed by atoms with van der Waals surface area (Å²) in [7, 11) is 7.35. The van der Waals surface area contributed by atoms with Gasteiger partial charge in [0.15, 0.2) is 5.16 Å². The standard InChI is InChI=1S/C18H21ClN2O.C18H17FN4O2S.ClH/c1-20(2)11-12-21(14-22)13-15-3-5-16(6-4-15)17-7-9-18(19)10-8-17;1-23-10-14(7-13-8-20-17(25-2)21-9-13)16(24)22-18(23)26-11-12-3-5-15(19)6-4-12;/h3-10,14H,11-13H2,1-2H3;3-6,8-10H,7,11H2,1-2H3;1H. The van der Waals surface area contributed by atoms with E-state index in [4.69, 9.17) is 16.3 Å². The van der Waals surface area contributed by atoms with Gasteiger partial charge in [-0.05, 0) is 66.2 Å². The Balaban J connectivity index is 0.000000264. The second kappa shape index (κ2) is 19.6. The van der Waals surface area contributed by atoms with E-state index < -0.39 is 0 Å². The highest BCUT2D eigenvalue weighted by molar-refractivity contribution is 7.98. The zero-order valence-corrected chi connectivity index (χ0v) is 30.1. The van der Waals surface area contributed by atoms with Crippen LogP contribution in [-0.2, 0) is 30.6 Å². The molecule has 2 heterocycles. The first-order valence-corrected chi connectivity index (χ1v) is 16.5. The van der Waals surface area contributed by atoms with Crippen LogP contribution in [0, 0.1) is 5.82 Å². The van der Waals surface area contributed by atoms with Gasteiger partial charge in [-0.15, -0.1) is 12.4 Å². The highest BCUT2D eigenvalue weighted by Crippen LogP contribution is 2.23. The highest BCUT2D eigenvalue weighted by Gasteiger charge is 2.10. The maximum atomic E-state index is 13.0. The van der Waals surface area contributed by atoms with E-state index in [0.717, 1.165) is 52.3 Å². The summed E-state index contributed by atoms with van der Waals surface area (Å²) >= 11 is 7.34. The number of carbonyl (C=O) groups excluding carboxylic acids is 1. The van der Waals surface area contributed by atoms with Crippen molar-refractivity contribution in [3.8, 4) is 17.1 Å². The molecule has 0 N–H and O–H groups in total. The number of hydrogen-bond donors (Lipinski definition) is 0. The molecular weight excluding hydrogens is 686 g/mol. The van der Waals surface area contributed by atoms with Crippen LogP contribution in [0.2, 0.25) is 5.02 Å². The molecule has 0 aliphatic heterocycles. The minimum atomic E-state index is -0.277. The number of carbonyl (C=O) groups is 1. The molecule has 9 nitrogen and oxygen atoms in total. The molecule has 0 aliphatic rings. The van der Waals surface area contributed by atoms with Gasteiger partial charge in [0, 0.05) is 68.0 Å². The maximum absolute atomic E-state index is 13.0. The molecule has 258 valence electrons. The van der Waals surface area contributed by atoms with E-state index >= 15 is 0 Å². The third kappa shape index (κ3) is 12.6. The number of rotatable bonds is 13. The lowest BCUT2D eigenvalue weighted by Crippen LogP contribution is -2.30. The number of methoxy groups -OCH3 is 1. The van der Waals surface area contributed by atoms with Crippen molar-refractivity contribution in [1.29, 1.82) is 0 Å². The topological polar surface area (TPSA) is 93.5 Å². The number of aryl methyl sites for hydroxylation is 1. The van der Waals surface area contributed by atoms with Crippen LogP contribution in [0.5, 0.6) is 6.01 Å². The Bertz CT molecular complexity index is 1810. The van der Waals surface area contributed by atoms with Gasteiger partial charge >= 0.3 is 6.01 Å². The molecule has 49 heavy (non-hydrogen) atoms. The van der Waals surface area contributed by atoms with E-state index in [1.54, 1.807) is 35.6 Å². The molecule has 5 aromatic rings. The average molecular weight is 726 g/mol. The van der Waals surface area contributed by atoms with Crippen LogP contribution in [0.15, 0.2) is 101 Å². The van der Waals surface area contributed by atoms with Gasteiger partial charge in [-0.2, -0.15) is 4.98 Å². The number of amides is 1. The molecule has 0 fully saturated rings. The Morgan fingerprint density at radius 3 is 2.06 bits per heavy atom. The van der Waals surface area contributed by atoms with Gasteiger partial charge in [0.25, 0.3) is 5.56 Å². The van der Waals surface area contributed by atoms with Crippen LogP contribution in [0.25, 0.3) is 11.1 Å². The second-order valence-corrected chi connectivity index (χ2v) is 12.6. The Morgan fingerprint density at radius 1 is 0.898 bits per heavy atom. The van der Waals surface area contributed by atoms with E-state index in [-0.39, 0.29) is 29.8 Å². The van der Waals surface area contributed by atoms with Crippen molar-refractivity contribution in [3.05, 3.63) is 135 Å². The van der Waals surface area contributed by atoms with Crippen LogP contribution >= 0.6 is 35.8 Å². The maximum Gasteiger partial charge on any atom is 0.316 e. The van der Waals surface area contributed by atoms with Gasteiger partial charge in [0.1, 0.15) is 5.82 Å². The molecule has 0 bridgehead atoms. The number of ether oxygens (including phenoxy) is 1. The fourth-order valence-corrected chi connectivity index (χ4v) is 5.52. The second-order valence-electron chi connectivity index (χ2n) is 11.2. The minimum Gasteiger partial charge on any atom is -0.467 e. The van der Waals surface area contributed by atoms with Gasteiger partial charge in [0.05, 0.1) is 7.11 Å². The van der Waals surface area contributed by atoms with Crippen molar-refractivity contribution in [1.82, 2.24) is 29.3 Å². The van der Waals surface area contributed by atoms with Gasteiger partial charge in [0.2, 0.25) is 6.41 Å². The molecule has 0 unspecified atom stereocenters. The van der Waals surface area contributed by atoms with Gasteiger partial charge in [-0.1, -0.05) is 71.9 Å². The van der Waals surface area contributed by atoms with Gasteiger partial charge < -0.3 is 19.1 Å². The number of benzene rings is 3. The number of likely N-dealkylation sites (N-methyl/N-ethyl adjacent to an activating group) is 1. The molecule has 5 rings (SSSR count). The largest absolute Gasteiger partial charge is 0.467 e. The molecule has 0 atom stereocenters. The first-order chi connectivity index (χ1) is 23.1. The number of hydrogen-bond acceptors (Lipinski definition) is 8. The highest BCUT2D eigenvalue weighted by atomic mass is 35.5. The van der Waals surface area contributed by atoms with Crippen LogP contribution < -0.4 is 10.3 Å². The lowest BCUT2D eigenvalue weighted by atomic mass is 10.0. The molecule has 1 amide bonds. The van der Waals surface area contributed by atoms with Crippen LogP contribution in [-0.4, -0.2) is 70.0 Å². The number of halogens is 3.